The van der Waals surface area contributed by atoms with Gasteiger partial charge in [-0.05, 0) is 83.6 Å². The predicted molar refractivity (Wildman–Crippen MR) is 95.5 cm³/mol. The van der Waals surface area contributed by atoms with E-state index < -0.39 is 27.1 Å². The molecule has 0 N–H and O–H groups in total. The SMILES string of the molecule is CC(C(=O)Cl)N(c1cccc(I)c1)S(=O)(=O)c1ccc(F)cc1. The molecule has 0 saturated carbocycles. The van der Waals surface area contributed by atoms with E-state index in [0.29, 0.717) is 5.69 Å². The number of anilines is 1. The summed E-state index contributed by atoms with van der Waals surface area (Å²) in [6.45, 7) is 1.40. The monoisotopic (exact) mass is 467 g/mol. The lowest BCUT2D eigenvalue weighted by Gasteiger charge is -2.28. The highest BCUT2D eigenvalue weighted by Gasteiger charge is 2.32. The molecule has 2 aromatic carbocycles. The first kappa shape index (κ1) is 18.2. The Hall–Kier alpha value is -1.19. The smallest absolute Gasteiger partial charge is 0.265 e. The van der Waals surface area contributed by atoms with E-state index in [2.05, 4.69) is 0 Å². The lowest BCUT2D eigenvalue weighted by Crippen LogP contribution is -2.42. The summed E-state index contributed by atoms with van der Waals surface area (Å²) >= 11 is 7.56. The number of hydrogen-bond acceptors (Lipinski definition) is 3. The van der Waals surface area contributed by atoms with E-state index >= 15 is 0 Å². The number of sulfonamides is 1. The molecule has 0 aliphatic carbocycles. The van der Waals surface area contributed by atoms with Crippen molar-refractivity contribution in [2.24, 2.45) is 0 Å². The second kappa shape index (κ2) is 7.14. The summed E-state index contributed by atoms with van der Waals surface area (Å²) in [5.41, 5.74) is 0.308. The zero-order valence-electron chi connectivity index (χ0n) is 11.9. The Balaban J connectivity index is 2.61. The molecular weight excluding hydrogens is 456 g/mol. The molecule has 0 amide bonds. The van der Waals surface area contributed by atoms with Crippen molar-refractivity contribution < 1.29 is 17.6 Å². The lowest BCUT2D eigenvalue weighted by molar-refractivity contribution is -0.112. The van der Waals surface area contributed by atoms with Gasteiger partial charge in [-0.2, -0.15) is 0 Å². The van der Waals surface area contributed by atoms with Crippen LogP contribution >= 0.6 is 34.2 Å². The van der Waals surface area contributed by atoms with Gasteiger partial charge in [-0.3, -0.25) is 9.10 Å². The number of carbonyl (C=O) groups is 1. The van der Waals surface area contributed by atoms with E-state index in [-0.39, 0.29) is 4.90 Å². The van der Waals surface area contributed by atoms with Crippen LogP contribution < -0.4 is 4.31 Å². The fourth-order valence-electron chi connectivity index (χ4n) is 2.00. The highest BCUT2D eigenvalue weighted by molar-refractivity contribution is 14.1. The number of hydrogen-bond donors (Lipinski definition) is 0. The van der Waals surface area contributed by atoms with Gasteiger partial charge in [0.1, 0.15) is 11.9 Å². The molecule has 23 heavy (non-hydrogen) atoms. The Bertz CT molecular complexity index is 827. The third-order valence-electron chi connectivity index (χ3n) is 3.11. The van der Waals surface area contributed by atoms with Crippen molar-refractivity contribution in [3.63, 3.8) is 0 Å². The molecule has 0 bridgehead atoms. The maximum atomic E-state index is 13.1. The van der Waals surface area contributed by atoms with E-state index in [9.17, 15) is 17.6 Å². The maximum Gasteiger partial charge on any atom is 0.265 e. The van der Waals surface area contributed by atoms with Gasteiger partial charge in [-0.15, -0.1) is 0 Å². The summed E-state index contributed by atoms with van der Waals surface area (Å²) in [5, 5.41) is -0.811. The zero-order valence-corrected chi connectivity index (χ0v) is 15.6. The van der Waals surface area contributed by atoms with Crippen LogP contribution in [0.1, 0.15) is 6.92 Å². The van der Waals surface area contributed by atoms with E-state index in [0.717, 1.165) is 32.1 Å². The van der Waals surface area contributed by atoms with Crippen LogP contribution in [0.3, 0.4) is 0 Å². The topological polar surface area (TPSA) is 54.5 Å². The number of benzene rings is 2. The van der Waals surface area contributed by atoms with E-state index in [1.54, 1.807) is 24.3 Å². The number of rotatable bonds is 5. The summed E-state index contributed by atoms with van der Waals surface area (Å²) in [4.78, 5) is 11.5. The molecule has 1 atom stereocenters. The average molecular weight is 468 g/mol. The molecule has 1 unspecified atom stereocenters. The molecule has 8 heteroatoms. The first-order valence-corrected chi connectivity index (χ1v) is 9.38. The van der Waals surface area contributed by atoms with Gasteiger partial charge in [0.05, 0.1) is 10.6 Å². The van der Waals surface area contributed by atoms with E-state index in [4.69, 9.17) is 11.6 Å². The Labute approximate surface area is 152 Å². The largest absolute Gasteiger partial charge is 0.279 e. The molecule has 0 spiro atoms. The molecule has 2 rings (SSSR count). The van der Waals surface area contributed by atoms with Gasteiger partial charge in [-0.25, -0.2) is 12.8 Å². The van der Waals surface area contributed by atoms with Crippen LogP contribution in [0.5, 0.6) is 0 Å². The van der Waals surface area contributed by atoms with Crippen LogP contribution in [-0.4, -0.2) is 19.7 Å². The molecule has 4 nitrogen and oxygen atoms in total. The molecule has 0 aliphatic rings. The zero-order chi connectivity index (χ0) is 17.2. The Kier molecular flexibility index (Phi) is 5.64. The summed E-state index contributed by atoms with van der Waals surface area (Å²) in [6, 6.07) is 9.95. The number of halogens is 3. The minimum Gasteiger partial charge on any atom is -0.279 e. The third-order valence-corrected chi connectivity index (χ3v) is 6.01. The molecular formula is C15H12ClFINO3S. The van der Waals surface area contributed by atoms with Crippen molar-refractivity contribution in [1.29, 1.82) is 0 Å². The fourth-order valence-corrected chi connectivity index (χ4v) is 4.29. The first-order chi connectivity index (χ1) is 10.7. The van der Waals surface area contributed by atoms with Gasteiger partial charge in [0, 0.05) is 3.57 Å². The van der Waals surface area contributed by atoms with Crippen molar-refractivity contribution in [3.05, 3.63) is 57.9 Å². The van der Waals surface area contributed by atoms with Crippen molar-refractivity contribution in [2.75, 3.05) is 4.31 Å². The standard InChI is InChI=1S/C15H12ClFINO3S/c1-10(15(16)20)19(13-4-2-3-12(18)9-13)23(21,22)14-7-5-11(17)6-8-14/h2-10H,1H3. The minimum absolute atomic E-state index is 0.123. The molecule has 0 saturated heterocycles. The second-order valence-corrected chi connectivity index (χ2v) is 8.15. The fraction of sp³-hybridized carbons (Fsp3) is 0.133. The summed E-state index contributed by atoms with van der Waals surface area (Å²) in [6.07, 6.45) is 0. The second-order valence-electron chi connectivity index (χ2n) is 4.71. The van der Waals surface area contributed by atoms with Gasteiger partial charge >= 0.3 is 0 Å². The Morgan fingerprint density at radius 1 is 1.22 bits per heavy atom. The van der Waals surface area contributed by atoms with E-state index in [1.807, 2.05) is 22.6 Å². The molecule has 0 heterocycles. The summed E-state index contributed by atoms with van der Waals surface area (Å²) in [7, 11) is -4.07. The lowest BCUT2D eigenvalue weighted by atomic mass is 10.3. The van der Waals surface area contributed by atoms with Crippen LogP contribution in [0.25, 0.3) is 0 Å². The Morgan fingerprint density at radius 2 is 1.83 bits per heavy atom. The van der Waals surface area contributed by atoms with Crippen molar-refractivity contribution in [1.82, 2.24) is 0 Å². The molecule has 0 fully saturated rings. The molecule has 0 aliphatic heterocycles. The van der Waals surface area contributed by atoms with E-state index in [1.165, 1.54) is 6.92 Å². The normalized spacial score (nSPS) is 12.7. The highest BCUT2D eigenvalue weighted by atomic mass is 127. The molecule has 122 valence electrons. The van der Waals surface area contributed by atoms with Crippen LogP contribution in [-0.2, 0) is 14.8 Å². The number of nitrogens with zero attached hydrogens (tertiary/aromatic N) is 1. The molecule has 0 radical (unpaired) electrons. The summed E-state index contributed by atoms with van der Waals surface area (Å²) < 4.78 is 40.6. The van der Waals surface area contributed by atoms with Gasteiger partial charge < -0.3 is 0 Å². The summed E-state index contributed by atoms with van der Waals surface area (Å²) in [5.74, 6) is -0.550. The Morgan fingerprint density at radius 3 is 2.35 bits per heavy atom. The van der Waals surface area contributed by atoms with Gasteiger partial charge in [-0.1, -0.05) is 6.07 Å². The molecule has 2 aromatic rings. The minimum atomic E-state index is -4.07. The van der Waals surface area contributed by atoms with Gasteiger partial charge in [0.2, 0.25) is 5.24 Å². The highest BCUT2D eigenvalue weighted by Crippen LogP contribution is 2.28. The van der Waals surface area contributed by atoms with Crippen LogP contribution in [0.15, 0.2) is 53.4 Å². The molecule has 0 aromatic heterocycles. The predicted octanol–water partition coefficient (Wildman–Crippen LogP) is 3.78. The van der Waals surface area contributed by atoms with Crippen molar-refractivity contribution in [3.8, 4) is 0 Å². The van der Waals surface area contributed by atoms with Crippen molar-refractivity contribution in [2.45, 2.75) is 17.9 Å². The maximum absolute atomic E-state index is 13.1. The van der Waals surface area contributed by atoms with Crippen LogP contribution in [0.2, 0.25) is 0 Å². The van der Waals surface area contributed by atoms with Gasteiger partial charge in [0.15, 0.2) is 0 Å². The number of carbonyl (C=O) groups excluding carboxylic acids is 1. The first-order valence-electron chi connectivity index (χ1n) is 6.48. The van der Waals surface area contributed by atoms with Crippen LogP contribution in [0.4, 0.5) is 10.1 Å². The van der Waals surface area contributed by atoms with Gasteiger partial charge in [0.25, 0.3) is 10.0 Å². The van der Waals surface area contributed by atoms with Crippen LogP contribution in [0, 0.1) is 9.39 Å². The van der Waals surface area contributed by atoms with Crippen molar-refractivity contribution >= 4 is 55.1 Å². The average Bonchev–Trinajstić information content (AvgIpc) is 2.47. The third kappa shape index (κ3) is 4.02. The quantitative estimate of drug-likeness (QED) is 0.497.